The minimum absolute atomic E-state index is 0.0715. The van der Waals surface area contributed by atoms with Crippen LogP contribution in [0.4, 0.5) is 0 Å². The van der Waals surface area contributed by atoms with Crippen LogP contribution in [0.1, 0.15) is 53.4 Å². The van der Waals surface area contributed by atoms with E-state index in [-0.39, 0.29) is 11.8 Å². The van der Waals surface area contributed by atoms with Gasteiger partial charge in [-0.25, -0.2) is 0 Å². The van der Waals surface area contributed by atoms with Crippen molar-refractivity contribution in [1.29, 1.82) is 0 Å². The minimum Gasteiger partial charge on any atom is -0.481 e. The summed E-state index contributed by atoms with van der Waals surface area (Å²) in [4.78, 5) is 23.8. The third-order valence-corrected chi connectivity index (χ3v) is 4.91. The SMILES string of the molecule is CCC(C(=O)O)C1(C(N)=O)CC(C)CCC1C(C)C. The predicted molar refractivity (Wildman–Crippen MR) is 74.4 cm³/mol. The van der Waals surface area contributed by atoms with E-state index in [9.17, 15) is 14.7 Å². The molecular weight excluding hydrogens is 242 g/mol. The predicted octanol–water partition coefficient (Wildman–Crippen LogP) is 2.66. The maximum absolute atomic E-state index is 12.2. The van der Waals surface area contributed by atoms with E-state index in [0.29, 0.717) is 18.8 Å². The standard InChI is InChI=1S/C15H27NO3/c1-5-11(13(17)18)15(14(16)19)8-10(4)6-7-12(15)9(2)3/h9-12H,5-8H2,1-4H3,(H2,16,19)(H,17,18). The van der Waals surface area contributed by atoms with Gasteiger partial charge in [0.1, 0.15) is 0 Å². The molecule has 0 radical (unpaired) electrons. The molecule has 1 rings (SSSR count). The number of primary amides is 1. The summed E-state index contributed by atoms with van der Waals surface area (Å²) in [5.41, 5.74) is 4.82. The van der Waals surface area contributed by atoms with Crippen molar-refractivity contribution in [3.63, 3.8) is 0 Å². The molecule has 0 heterocycles. The quantitative estimate of drug-likeness (QED) is 0.805. The topological polar surface area (TPSA) is 80.4 Å². The van der Waals surface area contributed by atoms with Gasteiger partial charge in [0.05, 0.1) is 11.3 Å². The maximum atomic E-state index is 12.2. The molecule has 3 N–H and O–H groups in total. The van der Waals surface area contributed by atoms with Gasteiger partial charge in [-0.2, -0.15) is 0 Å². The summed E-state index contributed by atoms with van der Waals surface area (Å²) in [5, 5.41) is 9.52. The van der Waals surface area contributed by atoms with Crippen molar-refractivity contribution in [2.45, 2.75) is 53.4 Å². The van der Waals surface area contributed by atoms with Gasteiger partial charge in [0.25, 0.3) is 0 Å². The lowest BCUT2D eigenvalue weighted by Gasteiger charge is -2.49. The van der Waals surface area contributed by atoms with Crippen LogP contribution in [0.15, 0.2) is 0 Å². The second-order valence-corrected chi connectivity index (χ2v) is 6.44. The number of amides is 1. The summed E-state index contributed by atoms with van der Waals surface area (Å²) in [5.74, 6) is -1.28. The molecule has 19 heavy (non-hydrogen) atoms. The molecule has 0 saturated heterocycles. The van der Waals surface area contributed by atoms with E-state index in [1.807, 2.05) is 6.92 Å². The Labute approximate surface area is 115 Å². The Morgan fingerprint density at radius 3 is 2.32 bits per heavy atom. The first kappa shape index (κ1) is 16.0. The average Bonchev–Trinajstić information content (AvgIpc) is 2.28. The van der Waals surface area contributed by atoms with Gasteiger partial charge in [0, 0.05) is 0 Å². The molecule has 1 fully saturated rings. The molecule has 0 aromatic heterocycles. The Kier molecular flexibility index (Phi) is 4.99. The van der Waals surface area contributed by atoms with Gasteiger partial charge in [-0.05, 0) is 37.0 Å². The molecule has 1 aliphatic carbocycles. The van der Waals surface area contributed by atoms with Crippen LogP contribution in [0.2, 0.25) is 0 Å². The lowest BCUT2D eigenvalue weighted by atomic mass is 9.53. The number of hydrogen-bond acceptors (Lipinski definition) is 2. The van der Waals surface area contributed by atoms with Crippen LogP contribution in [0, 0.1) is 29.1 Å². The van der Waals surface area contributed by atoms with Crippen molar-refractivity contribution in [2.24, 2.45) is 34.8 Å². The number of aliphatic carboxylic acids is 1. The average molecular weight is 269 g/mol. The number of rotatable bonds is 5. The molecule has 0 aromatic carbocycles. The summed E-state index contributed by atoms with van der Waals surface area (Å²) < 4.78 is 0. The van der Waals surface area contributed by atoms with Gasteiger partial charge < -0.3 is 10.8 Å². The van der Waals surface area contributed by atoms with Crippen molar-refractivity contribution in [3.8, 4) is 0 Å². The third-order valence-electron chi connectivity index (χ3n) is 4.91. The van der Waals surface area contributed by atoms with Crippen LogP contribution in [0.25, 0.3) is 0 Å². The molecule has 1 saturated carbocycles. The molecule has 0 aromatic rings. The van der Waals surface area contributed by atoms with E-state index in [2.05, 4.69) is 20.8 Å². The van der Waals surface area contributed by atoms with E-state index >= 15 is 0 Å². The lowest BCUT2D eigenvalue weighted by molar-refractivity contribution is -0.161. The number of nitrogens with two attached hydrogens (primary N) is 1. The van der Waals surface area contributed by atoms with Gasteiger partial charge in [-0.3, -0.25) is 9.59 Å². The van der Waals surface area contributed by atoms with Crippen LogP contribution in [0.5, 0.6) is 0 Å². The lowest BCUT2D eigenvalue weighted by Crippen LogP contribution is -2.55. The molecule has 4 atom stereocenters. The smallest absolute Gasteiger partial charge is 0.307 e. The number of carbonyl (C=O) groups is 2. The van der Waals surface area contributed by atoms with Crippen molar-refractivity contribution < 1.29 is 14.7 Å². The number of carboxylic acid groups (broad SMARTS) is 1. The molecule has 1 aliphatic rings. The summed E-state index contributed by atoms with van der Waals surface area (Å²) in [6.07, 6.45) is 3.00. The summed E-state index contributed by atoms with van der Waals surface area (Å²) >= 11 is 0. The molecule has 4 unspecified atom stereocenters. The summed E-state index contributed by atoms with van der Waals surface area (Å²) in [7, 11) is 0. The zero-order valence-electron chi connectivity index (χ0n) is 12.5. The fourth-order valence-electron chi connectivity index (χ4n) is 4.09. The fourth-order valence-corrected chi connectivity index (χ4v) is 4.09. The second-order valence-electron chi connectivity index (χ2n) is 6.44. The van der Waals surface area contributed by atoms with Gasteiger partial charge in [-0.15, -0.1) is 0 Å². The molecule has 1 amide bonds. The first-order valence-electron chi connectivity index (χ1n) is 7.30. The van der Waals surface area contributed by atoms with E-state index in [1.54, 1.807) is 0 Å². The van der Waals surface area contributed by atoms with Crippen LogP contribution in [0.3, 0.4) is 0 Å². The van der Waals surface area contributed by atoms with Crippen molar-refractivity contribution in [2.75, 3.05) is 0 Å². The highest BCUT2D eigenvalue weighted by molar-refractivity contribution is 5.87. The Balaban J connectivity index is 3.32. The Morgan fingerprint density at radius 2 is 1.95 bits per heavy atom. The Morgan fingerprint density at radius 1 is 1.37 bits per heavy atom. The molecule has 0 spiro atoms. The highest BCUT2D eigenvalue weighted by atomic mass is 16.4. The molecule has 4 nitrogen and oxygen atoms in total. The fraction of sp³-hybridized carbons (Fsp3) is 0.867. The largest absolute Gasteiger partial charge is 0.481 e. The summed E-state index contributed by atoms with van der Waals surface area (Å²) in [6.45, 7) is 8.04. The highest BCUT2D eigenvalue weighted by Gasteiger charge is 2.55. The van der Waals surface area contributed by atoms with Crippen LogP contribution >= 0.6 is 0 Å². The van der Waals surface area contributed by atoms with Gasteiger partial charge in [-0.1, -0.05) is 34.1 Å². The van der Waals surface area contributed by atoms with E-state index in [1.165, 1.54) is 0 Å². The van der Waals surface area contributed by atoms with Crippen molar-refractivity contribution in [1.82, 2.24) is 0 Å². The van der Waals surface area contributed by atoms with E-state index < -0.39 is 23.2 Å². The normalized spacial score (nSPS) is 33.1. The van der Waals surface area contributed by atoms with Gasteiger partial charge >= 0.3 is 5.97 Å². The number of carboxylic acids is 1. The molecule has 0 aliphatic heterocycles. The molecular formula is C15H27NO3. The van der Waals surface area contributed by atoms with Crippen molar-refractivity contribution in [3.05, 3.63) is 0 Å². The van der Waals surface area contributed by atoms with Crippen LogP contribution in [-0.2, 0) is 9.59 Å². The minimum atomic E-state index is -0.888. The summed E-state index contributed by atoms with van der Waals surface area (Å²) in [6, 6.07) is 0. The maximum Gasteiger partial charge on any atom is 0.307 e. The first-order valence-corrected chi connectivity index (χ1v) is 7.30. The first-order chi connectivity index (χ1) is 8.77. The van der Waals surface area contributed by atoms with E-state index in [4.69, 9.17) is 5.73 Å². The van der Waals surface area contributed by atoms with Crippen LogP contribution in [-0.4, -0.2) is 17.0 Å². The Hall–Kier alpha value is -1.06. The van der Waals surface area contributed by atoms with Crippen molar-refractivity contribution >= 4 is 11.9 Å². The zero-order chi connectivity index (χ0) is 14.8. The number of carbonyl (C=O) groups excluding carboxylic acids is 1. The zero-order valence-corrected chi connectivity index (χ0v) is 12.5. The van der Waals surface area contributed by atoms with Gasteiger partial charge in [0.2, 0.25) is 5.91 Å². The third kappa shape index (κ3) is 2.77. The second kappa shape index (κ2) is 5.93. The highest BCUT2D eigenvalue weighted by Crippen LogP contribution is 2.52. The van der Waals surface area contributed by atoms with Crippen LogP contribution < -0.4 is 5.73 Å². The number of hydrogen-bond donors (Lipinski definition) is 2. The van der Waals surface area contributed by atoms with Gasteiger partial charge in [0.15, 0.2) is 0 Å². The molecule has 110 valence electrons. The molecule has 4 heteroatoms. The monoisotopic (exact) mass is 269 g/mol. The van der Waals surface area contributed by atoms with E-state index in [0.717, 1.165) is 12.8 Å². The molecule has 0 bridgehead atoms. The Bertz CT molecular complexity index is 353.